The first-order valence-electron chi connectivity index (χ1n) is 7.80. The quantitative estimate of drug-likeness (QED) is 0.686. The molecule has 0 aliphatic rings. The molecular formula is C17H18Cl2N2O4S. The lowest BCUT2D eigenvalue weighted by atomic mass is 10.3. The molecule has 140 valence electrons. The van der Waals surface area contributed by atoms with Crippen molar-refractivity contribution in [2.75, 3.05) is 18.5 Å². The number of amides is 1. The fourth-order valence-electron chi connectivity index (χ4n) is 1.98. The predicted octanol–water partition coefficient (Wildman–Crippen LogP) is 3.70. The van der Waals surface area contributed by atoms with Gasteiger partial charge in [-0.15, -0.1) is 0 Å². The Morgan fingerprint density at radius 1 is 1.08 bits per heavy atom. The Morgan fingerprint density at radius 3 is 2.27 bits per heavy atom. The molecule has 0 aliphatic heterocycles. The van der Waals surface area contributed by atoms with Crippen molar-refractivity contribution in [1.29, 1.82) is 0 Å². The maximum absolute atomic E-state index is 12.0. The molecule has 0 fully saturated rings. The van der Waals surface area contributed by atoms with E-state index in [1.807, 2.05) is 6.92 Å². The molecule has 0 atom stereocenters. The number of hydrogen-bond acceptors (Lipinski definition) is 4. The summed E-state index contributed by atoms with van der Waals surface area (Å²) in [6.45, 7) is 1.97. The molecule has 9 heteroatoms. The first-order chi connectivity index (χ1) is 12.3. The minimum atomic E-state index is -3.53. The number of ether oxygens (including phenoxy) is 1. The van der Waals surface area contributed by atoms with E-state index in [-0.39, 0.29) is 11.5 Å². The van der Waals surface area contributed by atoms with Gasteiger partial charge in [0.1, 0.15) is 5.75 Å². The number of hydrogen-bond donors (Lipinski definition) is 2. The van der Waals surface area contributed by atoms with Gasteiger partial charge in [0.25, 0.3) is 5.91 Å². The zero-order chi connectivity index (χ0) is 19.2. The fraction of sp³-hybridized carbons (Fsp3) is 0.235. The van der Waals surface area contributed by atoms with Gasteiger partial charge in [0.2, 0.25) is 10.0 Å². The average molecular weight is 417 g/mol. The summed E-state index contributed by atoms with van der Waals surface area (Å²) in [7, 11) is -3.53. The van der Waals surface area contributed by atoms with Gasteiger partial charge in [-0.05, 0) is 42.8 Å². The molecule has 0 bridgehead atoms. The van der Waals surface area contributed by atoms with Crippen LogP contribution in [-0.2, 0) is 14.8 Å². The first kappa shape index (κ1) is 20.5. The number of carbonyl (C=O) groups excluding carboxylic acids is 1. The molecule has 0 aliphatic carbocycles. The standard InChI is InChI=1S/C17H18Cl2N2O4S/c1-2-10-20-26(23,24)13-8-6-12(7-9-13)25-11-16(22)21-17-14(18)4-3-5-15(17)19/h3-9,20H,2,10-11H2,1H3,(H,21,22). The van der Waals surface area contributed by atoms with E-state index >= 15 is 0 Å². The second kappa shape index (κ2) is 9.23. The van der Waals surface area contributed by atoms with E-state index in [2.05, 4.69) is 10.0 Å². The maximum atomic E-state index is 12.0. The van der Waals surface area contributed by atoms with Gasteiger partial charge in [0.15, 0.2) is 6.61 Å². The monoisotopic (exact) mass is 416 g/mol. The summed E-state index contributed by atoms with van der Waals surface area (Å²) in [5.74, 6) is -0.0823. The van der Waals surface area contributed by atoms with Crippen LogP contribution < -0.4 is 14.8 Å². The van der Waals surface area contributed by atoms with Crippen LogP contribution in [0.3, 0.4) is 0 Å². The average Bonchev–Trinajstić information content (AvgIpc) is 2.62. The maximum Gasteiger partial charge on any atom is 0.262 e. The second-order valence-electron chi connectivity index (χ2n) is 5.30. The van der Waals surface area contributed by atoms with Crippen LogP contribution in [0.1, 0.15) is 13.3 Å². The largest absolute Gasteiger partial charge is 0.484 e. The summed E-state index contributed by atoms with van der Waals surface area (Å²) in [5.41, 5.74) is 0.313. The van der Waals surface area contributed by atoms with E-state index in [0.717, 1.165) is 0 Å². The van der Waals surface area contributed by atoms with Crippen LogP contribution in [0.5, 0.6) is 5.75 Å². The lowest BCUT2D eigenvalue weighted by Gasteiger charge is -2.11. The van der Waals surface area contributed by atoms with Crippen LogP contribution in [0.25, 0.3) is 0 Å². The van der Waals surface area contributed by atoms with Crippen LogP contribution in [0.15, 0.2) is 47.4 Å². The van der Waals surface area contributed by atoms with Crippen molar-refractivity contribution >= 4 is 44.8 Å². The highest BCUT2D eigenvalue weighted by Crippen LogP contribution is 2.29. The topological polar surface area (TPSA) is 84.5 Å². The highest BCUT2D eigenvalue weighted by molar-refractivity contribution is 7.89. The Hall–Kier alpha value is -1.80. The molecule has 0 radical (unpaired) electrons. The van der Waals surface area contributed by atoms with Gasteiger partial charge in [-0.2, -0.15) is 0 Å². The third kappa shape index (κ3) is 5.60. The number of para-hydroxylation sites is 1. The Labute approximate surface area is 162 Å². The van der Waals surface area contributed by atoms with Crippen molar-refractivity contribution in [2.24, 2.45) is 0 Å². The molecule has 2 aromatic rings. The van der Waals surface area contributed by atoms with Crippen molar-refractivity contribution in [3.8, 4) is 5.75 Å². The van der Waals surface area contributed by atoms with Gasteiger partial charge in [0.05, 0.1) is 20.6 Å². The van der Waals surface area contributed by atoms with Crippen molar-refractivity contribution in [2.45, 2.75) is 18.2 Å². The van der Waals surface area contributed by atoms with E-state index in [4.69, 9.17) is 27.9 Å². The summed E-state index contributed by atoms with van der Waals surface area (Å²) in [5, 5.41) is 3.21. The van der Waals surface area contributed by atoms with Gasteiger partial charge in [-0.1, -0.05) is 36.2 Å². The van der Waals surface area contributed by atoms with E-state index in [1.54, 1.807) is 18.2 Å². The Balaban J connectivity index is 1.94. The zero-order valence-electron chi connectivity index (χ0n) is 14.0. The first-order valence-corrected chi connectivity index (χ1v) is 10.0. The van der Waals surface area contributed by atoms with Crippen LogP contribution >= 0.6 is 23.2 Å². The molecule has 0 heterocycles. The van der Waals surface area contributed by atoms with Crippen molar-refractivity contribution in [3.05, 3.63) is 52.5 Å². The normalized spacial score (nSPS) is 11.2. The van der Waals surface area contributed by atoms with Crippen LogP contribution in [0.2, 0.25) is 10.0 Å². The minimum Gasteiger partial charge on any atom is -0.484 e. The number of rotatable bonds is 8. The Kier molecular flexibility index (Phi) is 7.28. The van der Waals surface area contributed by atoms with Crippen molar-refractivity contribution in [1.82, 2.24) is 4.72 Å². The SMILES string of the molecule is CCCNS(=O)(=O)c1ccc(OCC(=O)Nc2c(Cl)cccc2Cl)cc1. The number of benzene rings is 2. The van der Waals surface area contributed by atoms with E-state index in [1.165, 1.54) is 24.3 Å². The summed E-state index contributed by atoms with van der Waals surface area (Å²) >= 11 is 12.0. The third-order valence-electron chi connectivity index (χ3n) is 3.27. The molecule has 0 saturated heterocycles. The van der Waals surface area contributed by atoms with Gasteiger partial charge < -0.3 is 10.1 Å². The summed E-state index contributed by atoms with van der Waals surface area (Å²) in [6.07, 6.45) is 0.699. The van der Waals surface area contributed by atoms with Crippen LogP contribution in [-0.4, -0.2) is 27.5 Å². The molecule has 1 amide bonds. The highest BCUT2D eigenvalue weighted by Gasteiger charge is 2.13. The summed E-state index contributed by atoms with van der Waals surface area (Å²) in [4.78, 5) is 12.1. The zero-order valence-corrected chi connectivity index (χ0v) is 16.3. The molecule has 0 spiro atoms. The van der Waals surface area contributed by atoms with Gasteiger partial charge >= 0.3 is 0 Å². The Bertz CT molecular complexity index is 851. The smallest absolute Gasteiger partial charge is 0.262 e. The van der Waals surface area contributed by atoms with E-state index < -0.39 is 15.9 Å². The Morgan fingerprint density at radius 2 is 1.69 bits per heavy atom. The molecule has 26 heavy (non-hydrogen) atoms. The molecule has 0 aromatic heterocycles. The van der Waals surface area contributed by atoms with Crippen LogP contribution in [0, 0.1) is 0 Å². The minimum absolute atomic E-state index is 0.130. The van der Waals surface area contributed by atoms with E-state index in [0.29, 0.717) is 34.4 Å². The van der Waals surface area contributed by atoms with Crippen molar-refractivity contribution in [3.63, 3.8) is 0 Å². The van der Waals surface area contributed by atoms with Gasteiger partial charge in [0, 0.05) is 6.54 Å². The van der Waals surface area contributed by atoms with Gasteiger partial charge in [-0.3, -0.25) is 4.79 Å². The molecular weight excluding hydrogens is 399 g/mol. The lowest BCUT2D eigenvalue weighted by molar-refractivity contribution is -0.118. The number of halogens is 2. The predicted molar refractivity (Wildman–Crippen MR) is 103 cm³/mol. The number of carbonyl (C=O) groups is 1. The molecule has 6 nitrogen and oxygen atoms in total. The van der Waals surface area contributed by atoms with Gasteiger partial charge in [-0.25, -0.2) is 13.1 Å². The summed E-state index contributed by atoms with van der Waals surface area (Å²) < 4.78 is 31.8. The summed E-state index contributed by atoms with van der Waals surface area (Å²) in [6, 6.07) is 10.7. The number of anilines is 1. The molecule has 2 aromatic carbocycles. The van der Waals surface area contributed by atoms with E-state index in [9.17, 15) is 13.2 Å². The highest BCUT2D eigenvalue weighted by atomic mass is 35.5. The number of nitrogens with one attached hydrogen (secondary N) is 2. The third-order valence-corrected chi connectivity index (χ3v) is 5.38. The van der Waals surface area contributed by atoms with Crippen molar-refractivity contribution < 1.29 is 17.9 Å². The van der Waals surface area contributed by atoms with Crippen LogP contribution in [0.4, 0.5) is 5.69 Å². The lowest BCUT2D eigenvalue weighted by Crippen LogP contribution is -2.24. The molecule has 2 N–H and O–H groups in total. The molecule has 0 saturated carbocycles. The molecule has 2 rings (SSSR count). The fourth-order valence-corrected chi connectivity index (χ4v) is 3.60. The molecule has 0 unspecified atom stereocenters. The second-order valence-corrected chi connectivity index (χ2v) is 7.88. The number of sulfonamides is 1.